The number of anilines is 1. The zero-order valence-electron chi connectivity index (χ0n) is 9.19. The number of benzene rings is 1. The molecule has 0 bridgehead atoms. The Morgan fingerprint density at radius 3 is 2.89 bits per heavy atom. The lowest BCUT2D eigenvalue weighted by atomic mass is 10.2. The van der Waals surface area contributed by atoms with E-state index < -0.39 is 23.9 Å². The monoisotopic (exact) mass is 316 g/mol. The van der Waals surface area contributed by atoms with E-state index in [2.05, 4.69) is 21.2 Å². The first kappa shape index (κ1) is 12.8. The SMILES string of the molecule is O=C(O)N[C@H]1CCN(c2ccc(Br)cc2F)C1=O. The molecule has 1 saturated heterocycles. The normalized spacial score (nSPS) is 19.1. The van der Waals surface area contributed by atoms with Crippen LogP contribution in [0.1, 0.15) is 6.42 Å². The Balaban J connectivity index is 2.20. The smallest absolute Gasteiger partial charge is 0.405 e. The molecule has 2 N–H and O–H groups in total. The number of rotatable bonds is 2. The van der Waals surface area contributed by atoms with Crippen LogP contribution in [-0.4, -0.2) is 29.7 Å². The first-order chi connectivity index (χ1) is 8.49. The minimum Gasteiger partial charge on any atom is -0.465 e. The van der Waals surface area contributed by atoms with Crippen LogP contribution in [0.25, 0.3) is 0 Å². The zero-order chi connectivity index (χ0) is 13.3. The van der Waals surface area contributed by atoms with E-state index in [9.17, 15) is 14.0 Å². The van der Waals surface area contributed by atoms with Gasteiger partial charge in [-0.05, 0) is 24.6 Å². The van der Waals surface area contributed by atoms with Crippen LogP contribution in [0.15, 0.2) is 22.7 Å². The molecule has 18 heavy (non-hydrogen) atoms. The van der Waals surface area contributed by atoms with Gasteiger partial charge < -0.3 is 15.3 Å². The van der Waals surface area contributed by atoms with Crippen LogP contribution < -0.4 is 10.2 Å². The van der Waals surface area contributed by atoms with Gasteiger partial charge in [0.15, 0.2) is 0 Å². The summed E-state index contributed by atoms with van der Waals surface area (Å²) in [5.74, 6) is -0.952. The summed E-state index contributed by atoms with van der Waals surface area (Å²) in [5, 5.41) is 10.7. The highest BCUT2D eigenvalue weighted by Gasteiger charge is 2.34. The number of amides is 2. The molecule has 0 saturated carbocycles. The molecule has 1 atom stereocenters. The molecule has 2 rings (SSSR count). The van der Waals surface area contributed by atoms with E-state index in [1.54, 1.807) is 6.07 Å². The Labute approximate surface area is 111 Å². The predicted molar refractivity (Wildman–Crippen MR) is 66.0 cm³/mol. The summed E-state index contributed by atoms with van der Waals surface area (Å²) in [6.45, 7) is 0.294. The number of hydrogen-bond donors (Lipinski definition) is 2. The van der Waals surface area contributed by atoms with E-state index in [1.165, 1.54) is 17.0 Å². The second kappa shape index (κ2) is 4.93. The maximum Gasteiger partial charge on any atom is 0.405 e. The van der Waals surface area contributed by atoms with Crippen LogP contribution >= 0.6 is 15.9 Å². The van der Waals surface area contributed by atoms with Crippen molar-refractivity contribution in [3.05, 3.63) is 28.5 Å². The Bertz CT molecular complexity index is 509. The van der Waals surface area contributed by atoms with E-state index in [0.29, 0.717) is 17.4 Å². The minimum atomic E-state index is -1.26. The fourth-order valence-corrected chi connectivity index (χ4v) is 2.24. The molecule has 0 aliphatic carbocycles. The molecule has 0 aromatic heterocycles. The molecular weight excluding hydrogens is 307 g/mol. The van der Waals surface area contributed by atoms with Gasteiger partial charge in [-0.1, -0.05) is 15.9 Å². The van der Waals surface area contributed by atoms with Crippen molar-refractivity contribution >= 4 is 33.6 Å². The largest absolute Gasteiger partial charge is 0.465 e. The summed E-state index contributed by atoms with van der Waals surface area (Å²) in [6.07, 6.45) is -0.924. The average Bonchev–Trinajstić information content (AvgIpc) is 2.60. The van der Waals surface area contributed by atoms with Crippen molar-refractivity contribution in [2.24, 2.45) is 0 Å². The summed E-state index contributed by atoms with van der Waals surface area (Å²) in [4.78, 5) is 23.6. The highest BCUT2D eigenvalue weighted by atomic mass is 79.9. The maximum absolute atomic E-state index is 13.7. The van der Waals surface area contributed by atoms with Gasteiger partial charge in [0.05, 0.1) is 5.69 Å². The molecular formula is C11H10BrFN2O3. The van der Waals surface area contributed by atoms with Gasteiger partial charge in [-0.15, -0.1) is 0 Å². The van der Waals surface area contributed by atoms with Crippen LogP contribution in [0.4, 0.5) is 14.9 Å². The van der Waals surface area contributed by atoms with E-state index in [4.69, 9.17) is 5.11 Å². The van der Waals surface area contributed by atoms with E-state index in [1.807, 2.05) is 0 Å². The lowest BCUT2D eigenvalue weighted by molar-refractivity contribution is -0.118. The number of halogens is 2. The maximum atomic E-state index is 13.7. The van der Waals surface area contributed by atoms with E-state index in [0.717, 1.165) is 0 Å². The third-order valence-corrected chi connectivity index (χ3v) is 3.20. The van der Waals surface area contributed by atoms with Gasteiger partial charge in [0, 0.05) is 11.0 Å². The highest BCUT2D eigenvalue weighted by Crippen LogP contribution is 2.27. The van der Waals surface area contributed by atoms with Gasteiger partial charge in [0.25, 0.3) is 0 Å². The summed E-state index contributed by atoms with van der Waals surface area (Å²) in [5.41, 5.74) is 0.165. The van der Waals surface area contributed by atoms with Crippen molar-refractivity contribution < 1.29 is 19.1 Å². The van der Waals surface area contributed by atoms with Crippen molar-refractivity contribution in [1.82, 2.24) is 5.32 Å². The van der Waals surface area contributed by atoms with Crippen LogP contribution in [0.3, 0.4) is 0 Å². The Morgan fingerprint density at radius 2 is 2.28 bits per heavy atom. The zero-order valence-corrected chi connectivity index (χ0v) is 10.8. The third kappa shape index (κ3) is 2.45. The van der Waals surface area contributed by atoms with Crippen molar-refractivity contribution in [2.45, 2.75) is 12.5 Å². The standard InChI is InChI=1S/C11H10BrFN2O3/c12-6-1-2-9(7(13)5-6)15-4-3-8(10(15)16)14-11(17)18/h1-2,5,8,14H,3-4H2,(H,17,18)/t8-/m0/s1. The van der Waals surface area contributed by atoms with Gasteiger partial charge in [-0.2, -0.15) is 0 Å². The van der Waals surface area contributed by atoms with Crippen molar-refractivity contribution in [2.75, 3.05) is 11.4 Å². The van der Waals surface area contributed by atoms with Crippen LogP contribution in [-0.2, 0) is 4.79 Å². The molecule has 1 heterocycles. The number of hydrogen-bond acceptors (Lipinski definition) is 2. The van der Waals surface area contributed by atoms with Crippen molar-refractivity contribution in [1.29, 1.82) is 0 Å². The first-order valence-corrected chi connectivity index (χ1v) is 6.04. The van der Waals surface area contributed by atoms with Gasteiger partial charge in [0.2, 0.25) is 5.91 Å². The van der Waals surface area contributed by atoms with E-state index >= 15 is 0 Å². The molecule has 1 aromatic carbocycles. The number of nitrogens with one attached hydrogen (secondary N) is 1. The average molecular weight is 317 g/mol. The molecule has 96 valence electrons. The summed E-state index contributed by atoms with van der Waals surface area (Å²) >= 11 is 3.13. The number of carbonyl (C=O) groups is 2. The molecule has 0 spiro atoms. The Morgan fingerprint density at radius 1 is 1.56 bits per heavy atom. The van der Waals surface area contributed by atoms with E-state index in [-0.39, 0.29) is 5.69 Å². The van der Waals surface area contributed by atoms with Gasteiger partial charge >= 0.3 is 6.09 Å². The summed E-state index contributed by atoms with van der Waals surface area (Å²) < 4.78 is 14.3. The summed E-state index contributed by atoms with van der Waals surface area (Å²) in [7, 11) is 0. The van der Waals surface area contributed by atoms with Gasteiger partial charge in [0.1, 0.15) is 11.9 Å². The molecule has 7 heteroatoms. The molecule has 5 nitrogen and oxygen atoms in total. The van der Waals surface area contributed by atoms with Crippen LogP contribution in [0, 0.1) is 5.82 Å². The van der Waals surface area contributed by atoms with Crippen molar-refractivity contribution in [3.8, 4) is 0 Å². The number of carboxylic acid groups (broad SMARTS) is 1. The molecule has 2 amide bonds. The third-order valence-electron chi connectivity index (χ3n) is 2.70. The lowest BCUT2D eigenvalue weighted by Gasteiger charge is -2.17. The molecule has 1 aliphatic heterocycles. The second-order valence-electron chi connectivity index (χ2n) is 3.88. The predicted octanol–water partition coefficient (Wildman–Crippen LogP) is 1.96. The summed E-state index contributed by atoms with van der Waals surface area (Å²) in [6, 6.07) is 3.58. The van der Waals surface area contributed by atoms with Crippen LogP contribution in [0.5, 0.6) is 0 Å². The molecule has 0 unspecified atom stereocenters. The molecule has 1 aromatic rings. The molecule has 0 radical (unpaired) electrons. The van der Waals surface area contributed by atoms with Crippen molar-refractivity contribution in [3.63, 3.8) is 0 Å². The number of nitrogens with zero attached hydrogens (tertiary/aromatic N) is 1. The Hall–Kier alpha value is -1.63. The Kier molecular flexibility index (Phi) is 3.51. The van der Waals surface area contributed by atoms with Gasteiger partial charge in [-0.25, -0.2) is 9.18 Å². The number of carbonyl (C=O) groups excluding carboxylic acids is 1. The quantitative estimate of drug-likeness (QED) is 0.876. The lowest BCUT2D eigenvalue weighted by Crippen LogP contribution is -2.41. The first-order valence-electron chi connectivity index (χ1n) is 5.25. The molecule has 1 aliphatic rings. The second-order valence-corrected chi connectivity index (χ2v) is 4.79. The van der Waals surface area contributed by atoms with Crippen LogP contribution in [0.2, 0.25) is 0 Å². The highest BCUT2D eigenvalue weighted by molar-refractivity contribution is 9.10. The molecule has 1 fully saturated rings. The minimum absolute atomic E-state index is 0.165. The van der Waals surface area contributed by atoms with Gasteiger partial charge in [-0.3, -0.25) is 4.79 Å². The fourth-order valence-electron chi connectivity index (χ4n) is 1.90. The topological polar surface area (TPSA) is 69.6 Å². The fraction of sp³-hybridized carbons (Fsp3) is 0.273.